The van der Waals surface area contributed by atoms with Gasteiger partial charge in [-0.25, -0.2) is 9.59 Å². The van der Waals surface area contributed by atoms with Gasteiger partial charge in [-0.1, -0.05) is 0 Å². The molecule has 0 heterocycles. The fourth-order valence-electron chi connectivity index (χ4n) is 0.584. The maximum atomic E-state index is 10.7. The third kappa shape index (κ3) is 8.25. The number of esters is 1. The van der Waals surface area contributed by atoms with Crippen LogP contribution in [0.1, 0.15) is 12.8 Å². The minimum absolute atomic E-state index is 0.0326. The summed E-state index contributed by atoms with van der Waals surface area (Å²) in [7, 11) is 0. The highest BCUT2D eigenvalue weighted by atomic mass is 16.5. The van der Waals surface area contributed by atoms with Crippen molar-refractivity contribution < 1.29 is 29.3 Å². The van der Waals surface area contributed by atoms with Crippen LogP contribution in [0.25, 0.3) is 0 Å². The maximum absolute atomic E-state index is 10.7. The lowest BCUT2D eigenvalue weighted by molar-refractivity contribution is -0.141. The Morgan fingerprint density at radius 1 is 1.14 bits per heavy atom. The summed E-state index contributed by atoms with van der Waals surface area (Å²) in [5.74, 6) is -3.01. The van der Waals surface area contributed by atoms with Crippen molar-refractivity contribution in [2.45, 2.75) is 12.8 Å². The first-order valence-electron chi connectivity index (χ1n) is 3.82. The van der Waals surface area contributed by atoms with E-state index >= 15 is 0 Å². The first kappa shape index (κ1) is 12.2. The molecule has 14 heavy (non-hydrogen) atoms. The van der Waals surface area contributed by atoms with Crippen LogP contribution in [0.3, 0.4) is 0 Å². The van der Waals surface area contributed by atoms with E-state index in [9.17, 15) is 14.4 Å². The van der Waals surface area contributed by atoms with E-state index in [1.807, 2.05) is 0 Å². The Morgan fingerprint density at radius 2 is 1.79 bits per heavy atom. The summed E-state index contributed by atoms with van der Waals surface area (Å²) in [4.78, 5) is 30.6. The summed E-state index contributed by atoms with van der Waals surface area (Å²) in [6.07, 6.45) is 1.54. The first-order chi connectivity index (χ1) is 6.52. The summed E-state index contributed by atoms with van der Waals surface area (Å²) in [6.45, 7) is -0.0326. The van der Waals surface area contributed by atoms with Crippen molar-refractivity contribution in [3.63, 3.8) is 0 Å². The summed E-state index contributed by atoms with van der Waals surface area (Å²) in [5.41, 5.74) is 0. The van der Waals surface area contributed by atoms with E-state index in [4.69, 9.17) is 10.2 Å². The van der Waals surface area contributed by atoms with E-state index in [1.54, 1.807) is 0 Å². The highest BCUT2D eigenvalue weighted by molar-refractivity contribution is 5.90. The lowest BCUT2D eigenvalue weighted by Gasteiger charge is -1.98. The molecule has 6 heteroatoms. The Labute approximate surface area is 79.8 Å². The number of carbonyl (C=O) groups is 3. The molecule has 6 nitrogen and oxygen atoms in total. The zero-order chi connectivity index (χ0) is 11.0. The molecule has 0 amide bonds. The molecule has 0 aromatic carbocycles. The standard InChI is InChI=1S/C8H10O6/c9-6(10)2-1-5-14-8(13)4-3-7(11)12/h3-4H,1-2,5H2,(H,9,10)(H,11,12)/b4-3+. The summed E-state index contributed by atoms with van der Waals surface area (Å²) in [6, 6.07) is 0. The average Bonchev–Trinajstić information content (AvgIpc) is 2.08. The number of rotatable bonds is 6. The highest BCUT2D eigenvalue weighted by Crippen LogP contribution is 1.91. The molecule has 0 spiro atoms. The van der Waals surface area contributed by atoms with Crippen molar-refractivity contribution in [1.82, 2.24) is 0 Å². The number of hydrogen-bond acceptors (Lipinski definition) is 4. The van der Waals surface area contributed by atoms with Crippen LogP contribution >= 0.6 is 0 Å². The summed E-state index contributed by atoms with van der Waals surface area (Å²) in [5, 5.41) is 16.4. The van der Waals surface area contributed by atoms with E-state index in [2.05, 4.69) is 4.74 Å². The van der Waals surface area contributed by atoms with Gasteiger partial charge in [-0.05, 0) is 6.42 Å². The molecule has 0 fully saturated rings. The molecule has 0 aliphatic carbocycles. The van der Waals surface area contributed by atoms with Crippen molar-refractivity contribution >= 4 is 17.9 Å². The quantitative estimate of drug-likeness (QED) is 0.358. The Morgan fingerprint density at radius 3 is 2.29 bits per heavy atom. The van der Waals surface area contributed by atoms with Gasteiger partial charge < -0.3 is 14.9 Å². The number of carboxylic acids is 2. The molecular weight excluding hydrogens is 192 g/mol. The van der Waals surface area contributed by atoms with Gasteiger partial charge in [-0.2, -0.15) is 0 Å². The van der Waals surface area contributed by atoms with Crippen molar-refractivity contribution in [2.24, 2.45) is 0 Å². The van der Waals surface area contributed by atoms with Crippen LogP contribution in [0, 0.1) is 0 Å². The van der Waals surface area contributed by atoms with Gasteiger partial charge in [0, 0.05) is 18.6 Å². The van der Waals surface area contributed by atoms with E-state index in [-0.39, 0.29) is 19.4 Å². The Hall–Kier alpha value is -1.85. The van der Waals surface area contributed by atoms with E-state index in [0.29, 0.717) is 6.08 Å². The molecular formula is C8H10O6. The fraction of sp³-hybridized carbons (Fsp3) is 0.375. The number of carboxylic acid groups (broad SMARTS) is 2. The molecule has 2 N–H and O–H groups in total. The smallest absolute Gasteiger partial charge is 0.331 e. The van der Waals surface area contributed by atoms with Crippen molar-refractivity contribution in [1.29, 1.82) is 0 Å². The number of ether oxygens (including phenoxy) is 1. The predicted octanol–water partition coefficient (Wildman–Crippen LogP) is 0.0352. The minimum atomic E-state index is -1.24. The zero-order valence-corrected chi connectivity index (χ0v) is 7.30. The molecule has 0 radical (unpaired) electrons. The molecule has 0 aromatic heterocycles. The van der Waals surface area contributed by atoms with E-state index in [0.717, 1.165) is 6.08 Å². The summed E-state index contributed by atoms with van der Waals surface area (Å²) < 4.78 is 4.49. The number of carbonyl (C=O) groups excluding carboxylic acids is 1. The minimum Gasteiger partial charge on any atom is -0.481 e. The molecule has 0 aliphatic heterocycles. The predicted molar refractivity (Wildman–Crippen MR) is 44.6 cm³/mol. The molecule has 0 aromatic rings. The number of hydrogen-bond donors (Lipinski definition) is 2. The Kier molecular flexibility index (Phi) is 5.77. The molecule has 0 atom stereocenters. The normalized spacial score (nSPS) is 10.0. The fourth-order valence-corrected chi connectivity index (χ4v) is 0.584. The number of aliphatic carboxylic acids is 2. The second kappa shape index (κ2) is 6.64. The molecule has 0 bridgehead atoms. The van der Waals surface area contributed by atoms with Crippen LogP contribution < -0.4 is 0 Å². The SMILES string of the molecule is O=C(O)/C=C/C(=O)OCCCC(=O)O. The van der Waals surface area contributed by atoms with E-state index in [1.165, 1.54) is 0 Å². The summed E-state index contributed by atoms with van der Waals surface area (Å²) >= 11 is 0. The van der Waals surface area contributed by atoms with Gasteiger partial charge in [0.15, 0.2) is 0 Å². The van der Waals surface area contributed by atoms with Crippen LogP contribution in [0.2, 0.25) is 0 Å². The second-order valence-electron chi connectivity index (χ2n) is 2.34. The second-order valence-corrected chi connectivity index (χ2v) is 2.34. The average molecular weight is 202 g/mol. The van der Waals surface area contributed by atoms with Gasteiger partial charge in [-0.3, -0.25) is 4.79 Å². The van der Waals surface area contributed by atoms with E-state index < -0.39 is 17.9 Å². The molecule has 0 unspecified atom stereocenters. The lowest BCUT2D eigenvalue weighted by Crippen LogP contribution is -2.05. The van der Waals surface area contributed by atoms with Crippen LogP contribution in [0.5, 0.6) is 0 Å². The van der Waals surface area contributed by atoms with Gasteiger partial charge in [0.05, 0.1) is 6.61 Å². The Bertz CT molecular complexity index is 255. The van der Waals surface area contributed by atoms with Gasteiger partial charge in [0.25, 0.3) is 0 Å². The first-order valence-corrected chi connectivity index (χ1v) is 3.82. The van der Waals surface area contributed by atoms with Crippen LogP contribution in [-0.2, 0) is 19.1 Å². The topological polar surface area (TPSA) is 101 Å². The largest absolute Gasteiger partial charge is 0.481 e. The van der Waals surface area contributed by atoms with Crippen LogP contribution in [0.4, 0.5) is 0 Å². The van der Waals surface area contributed by atoms with Gasteiger partial charge in [0.1, 0.15) is 0 Å². The third-order valence-electron chi connectivity index (χ3n) is 1.14. The molecule has 0 aliphatic rings. The molecule has 0 saturated heterocycles. The zero-order valence-electron chi connectivity index (χ0n) is 7.30. The van der Waals surface area contributed by atoms with Crippen molar-refractivity contribution in [3.05, 3.63) is 12.2 Å². The van der Waals surface area contributed by atoms with Crippen LogP contribution in [-0.4, -0.2) is 34.7 Å². The van der Waals surface area contributed by atoms with Gasteiger partial charge >= 0.3 is 17.9 Å². The lowest BCUT2D eigenvalue weighted by atomic mass is 10.3. The highest BCUT2D eigenvalue weighted by Gasteiger charge is 2.00. The van der Waals surface area contributed by atoms with Crippen molar-refractivity contribution in [2.75, 3.05) is 6.61 Å². The van der Waals surface area contributed by atoms with Gasteiger partial charge in [-0.15, -0.1) is 0 Å². The Balaban J connectivity index is 3.55. The third-order valence-corrected chi connectivity index (χ3v) is 1.14. The molecule has 0 rings (SSSR count). The van der Waals surface area contributed by atoms with Crippen molar-refractivity contribution in [3.8, 4) is 0 Å². The monoisotopic (exact) mass is 202 g/mol. The molecule has 78 valence electrons. The van der Waals surface area contributed by atoms with Gasteiger partial charge in [0.2, 0.25) is 0 Å². The molecule has 0 saturated carbocycles. The van der Waals surface area contributed by atoms with Crippen LogP contribution in [0.15, 0.2) is 12.2 Å². The maximum Gasteiger partial charge on any atom is 0.331 e.